The predicted molar refractivity (Wildman–Crippen MR) is 42.8 cm³/mol. The highest BCUT2D eigenvalue weighted by Crippen LogP contribution is 1.85. The van der Waals surface area contributed by atoms with Gasteiger partial charge in [0, 0.05) is 12.2 Å². The van der Waals surface area contributed by atoms with Crippen molar-refractivity contribution in [1.82, 2.24) is 0 Å². The molecule has 13 heavy (non-hydrogen) atoms. The van der Waals surface area contributed by atoms with E-state index in [-0.39, 0.29) is 6.61 Å². The summed E-state index contributed by atoms with van der Waals surface area (Å²) in [5.41, 5.74) is 0. The molecule has 0 aliphatic carbocycles. The maximum Gasteiger partial charge on any atom is 0.379 e. The van der Waals surface area contributed by atoms with Gasteiger partial charge in [-0.05, 0) is 6.92 Å². The number of carbonyl (C=O) groups excluding carboxylic acids is 3. The summed E-state index contributed by atoms with van der Waals surface area (Å²) in [6, 6.07) is 0. The lowest BCUT2D eigenvalue weighted by Gasteiger charge is -1.95. The lowest BCUT2D eigenvalue weighted by atomic mass is 10.3. The Bertz CT molecular complexity index is 241. The molecule has 0 heterocycles. The first kappa shape index (κ1) is 11.4. The highest BCUT2D eigenvalue weighted by molar-refractivity contribution is 6.38. The lowest BCUT2D eigenvalue weighted by Crippen LogP contribution is -2.15. The first-order valence-corrected chi connectivity index (χ1v) is 3.59. The van der Waals surface area contributed by atoms with Crippen molar-refractivity contribution < 1.29 is 23.9 Å². The Kier molecular flexibility index (Phi) is 5.18. The fraction of sp³-hybridized carbons (Fsp3) is 0.375. The van der Waals surface area contributed by atoms with Crippen LogP contribution in [-0.2, 0) is 23.9 Å². The average molecular weight is 186 g/mol. The minimum atomic E-state index is -0.984. The van der Waals surface area contributed by atoms with Gasteiger partial charge in [0.2, 0.25) is 0 Å². The summed E-state index contributed by atoms with van der Waals surface area (Å²) in [5, 5.41) is 0. The van der Waals surface area contributed by atoms with E-state index in [1.807, 2.05) is 0 Å². The van der Waals surface area contributed by atoms with Gasteiger partial charge in [-0.1, -0.05) is 0 Å². The van der Waals surface area contributed by atoms with Crippen LogP contribution in [0, 0.1) is 0 Å². The molecule has 0 aromatic rings. The SMILES string of the molecule is CCOC(=O)C(=O)/C=C/C(=O)OC. The summed E-state index contributed by atoms with van der Waals surface area (Å²) in [4.78, 5) is 31.9. The first-order chi connectivity index (χ1) is 6.11. The summed E-state index contributed by atoms with van der Waals surface area (Å²) in [6.07, 6.45) is 1.67. The molecular formula is C8H10O5. The molecule has 0 bridgehead atoms. The minimum absolute atomic E-state index is 0.122. The van der Waals surface area contributed by atoms with Crippen molar-refractivity contribution in [3.05, 3.63) is 12.2 Å². The van der Waals surface area contributed by atoms with E-state index in [0.717, 1.165) is 12.2 Å². The van der Waals surface area contributed by atoms with E-state index >= 15 is 0 Å². The summed E-state index contributed by atoms with van der Waals surface area (Å²) < 4.78 is 8.59. The topological polar surface area (TPSA) is 69.7 Å². The van der Waals surface area contributed by atoms with Crippen molar-refractivity contribution in [1.29, 1.82) is 0 Å². The average Bonchev–Trinajstić information content (AvgIpc) is 2.13. The smallest absolute Gasteiger partial charge is 0.379 e. The molecule has 0 spiro atoms. The summed E-state index contributed by atoms with van der Waals surface area (Å²) in [5.74, 6) is -2.56. The third-order valence-corrected chi connectivity index (χ3v) is 1.05. The molecule has 0 N–H and O–H groups in total. The number of hydrogen-bond donors (Lipinski definition) is 0. The monoisotopic (exact) mass is 186 g/mol. The maximum absolute atomic E-state index is 10.8. The van der Waals surface area contributed by atoms with E-state index in [9.17, 15) is 14.4 Å². The Morgan fingerprint density at radius 2 is 1.85 bits per heavy atom. The van der Waals surface area contributed by atoms with Crippen molar-refractivity contribution in [2.75, 3.05) is 13.7 Å². The van der Waals surface area contributed by atoms with Crippen LogP contribution in [0.5, 0.6) is 0 Å². The fourth-order valence-corrected chi connectivity index (χ4v) is 0.482. The largest absolute Gasteiger partial charge is 0.466 e. The van der Waals surface area contributed by atoms with Crippen molar-refractivity contribution in [3.63, 3.8) is 0 Å². The lowest BCUT2D eigenvalue weighted by molar-refractivity contribution is -0.151. The van der Waals surface area contributed by atoms with E-state index < -0.39 is 17.7 Å². The molecule has 0 unspecified atom stereocenters. The van der Waals surface area contributed by atoms with Crippen molar-refractivity contribution in [3.8, 4) is 0 Å². The first-order valence-electron chi connectivity index (χ1n) is 3.59. The number of ketones is 1. The zero-order valence-electron chi connectivity index (χ0n) is 7.40. The Labute approximate surface area is 75.3 Å². The van der Waals surface area contributed by atoms with Gasteiger partial charge in [-0.2, -0.15) is 0 Å². The van der Waals surface area contributed by atoms with Crippen LogP contribution < -0.4 is 0 Å². The number of hydrogen-bond acceptors (Lipinski definition) is 5. The van der Waals surface area contributed by atoms with Crippen molar-refractivity contribution >= 4 is 17.7 Å². The molecule has 0 saturated carbocycles. The number of carbonyl (C=O) groups is 3. The number of methoxy groups -OCH3 is 1. The van der Waals surface area contributed by atoms with Gasteiger partial charge in [-0.25, -0.2) is 9.59 Å². The Balaban J connectivity index is 4.07. The van der Waals surface area contributed by atoms with Crippen LogP contribution in [0.4, 0.5) is 0 Å². The number of esters is 2. The van der Waals surface area contributed by atoms with E-state index in [4.69, 9.17) is 0 Å². The van der Waals surface area contributed by atoms with E-state index in [2.05, 4.69) is 9.47 Å². The van der Waals surface area contributed by atoms with Crippen LogP contribution in [0.25, 0.3) is 0 Å². The standard InChI is InChI=1S/C8H10O5/c1-3-13-8(11)6(9)4-5-7(10)12-2/h4-5H,3H2,1-2H3/b5-4+. The molecule has 0 aromatic heterocycles. The molecule has 5 nitrogen and oxygen atoms in total. The molecular weight excluding hydrogens is 176 g/mol. The molecule has 0 rings (SSSR count). The minimum Gasteiger partial charge on any atom is -0.466 e. The molecule has 0 saturated heterocycles. The van der Waals surface area contributed by atoms with Crippen LogP contribution in [0.15, 0.2) is 12.2 Å². The molecule has 0 atom stereocenters. The van der Waals surface area contributed by atoms with Gasteiger partial charge in [0.15, 0.2) is 0 Å². The van der Waals surface area contributed by atoms with Gasteiger partial charge >= 0.3 is 11.9 Å². The highest BCUT2D eigenvalue weighted by Gasteiger charge is 2.10. The number of rotatable bonds is 4. The third-order valence-electron chi connectivity index (χ3n) is 1.05. The fourth-order valence-electron chi connectivity index (χ4n) is 0.482. The van der Waals surface area contributed by atoms with Crippen LogP contribution >= 0.6 is 0 Å². The van der Waals surface area contributed by atoms with E-state index in [1.54, 1.807) is 6.92 Å². The molecule has 0 aliphatic rings. The second kappa shape index (κ2) is 5.93. The molecule has 0 fully saturated rings. The zero-order chi connectivity index (χ0) is 10.3. The Morgan fingerprint density at radius 1 is 1.23 bits per heavy atom. The molecule has 0 aromatic carbocycles. The van der Waals surface area contributed by atoms with Crippen LogP contribution in [0.1, 0.15) is 6.92 Å². The summed E-state index contributed by atoms with van der Waals surface area (Å²) >= 11 is 0. The van der Waals surface area contributed by atoms with Gasteiger partial charge in [-0.3, -0.25) is 4.79 Å². The van der Waals surface area contributed by atoms with Gasteiger partial charge in [0.1, 0.15) is 0 Å². The third kappa shape index (κ3) is 4.73. The quantitative estimate of drug-likeness (QED) is 0.347. The predicted octanol–water partition coefficient (Wildman–Crippen LogP) is -0.152. The van der Waals surface area contributed by atoms with Crippen molar-refractivity contribution in [2.45, 2.75) is 6.92 Å². The van der Waals surface area contributed by atoms with Gasteiger partial charge in [0.05, 0.1) is 13.7 Å². The second-order valence-corrected chi connectivity index (χ2v) is 1.94. The molecule has 5 heteroatoms. The van der Waals surface area contributed by atoms with Crippen LogP contribution in [-0.4, -0.2) is 31.4 Å². The number of ether oxygens (including phenoxy) is 2. The van der Waals surface area contributed by atoms with Gasteiger partial charge < -0.3 is 9.47 Å². The summed E-state index contributed by atoms with van der Waals surface area (Å²) in [6.45, 7) is 1.70. The van der Waals surface area contributed by atoms with Crippen molar-refractivity contribution in [2.24, 2.45) is 0 Å². The van der Waals surface area contributed by atoms with Gasteiger partial charge in [0.25, 0.3) is 5.78 Å². The Morgan fingerprint density at radius 3 is 2.31 bits per heavy atom. The van der Waals surface area contributed by atoms with Gasteiger partial charge in [-0.15, -0.1) is 0 Å². The molecule has 0 aliphatic heterocycles. The second-order valence-electron chi connectivity index (χ2n) is 1.94. The molecule has 0 radical (unpaired) electrons. The molecule has 72 valence electrons. The van der Waals surface area contributed by atoms with Crippen LogP contribution in [0.3, 0.4) is 0 Å². The normalized spacial score (nSPS) is 9.69. The highest BCUT2D eigenvalue weighted by atomic mass is 16.5. The molecule has 0 amide bonds. The summed E-state index contributed by atoms with van der Waals surface area (Å²) in [7, 11) is 1.17. The zero-order valence-corrected chi connectivity index (χ0v) is 7.40. The Hall–Kier alpha value is -1.65. The maximum atomic E-state index is 10.8. The van der Waals surface area contributed by atoms with E-state index in [0.29, 0.717) is 0 Å². The van der Waals surface area contributed by atoms with Crippen LogP contribution in [0.2, 0.25) is 0 Å². The van der Waals surface area contributed by atoms with E-state index in [1.165, 1.54) is 7.11 Å².